The molecule has 2 rings (SSSR count). The van der Waals surface area contributed by atoms with Crippen LogP contribution in [0.15, 0.2) is 18.2 Å². The van der Waals surface area contributed by atoms with E-state index >= 15 is 0 Å². The lowest BCUT2D eigenvalue weighted by Crippen LogP contribution is -2.29. The summed E-state index contributed by atoms with van der Waals surface area (Å²) in [6, 6.07) is 4.81. The van der Waals surface area contributed by atoms with Crippen LogP contribution < -0.4 is 10.5 Å². The van der Waals surface area contributed by atoms with Crippen molar-refractivity contribution in [1.82, 2.24) is 4.90 Å². The molecule has 1 heterocycles. The molecule has 1 aliphatic heterocycles. The van der Waals surface area contributed by atoms with Gasteiger partial charge in [0.05, 0.1) is 7.11 Å². The molecule has 1 aromatic carbocycles. The van der Waals surface area contributed by atoms with E-state index in [0.29, 0.717) is 0 Å². The van der Waals surface area contributed by atoms with Crippen LogP contribution in [0.5, 0.6) is 5.75 Å². The Bertz CT molecular complexity index is 378. The first-order valence-electron chi connectivity index (χ1n) is 6.02. The van der Waals surface area contributed by atoms with E-state index in [9.17, 15) is 4.39 Å². The molecule has 0 radical (unpaired) electrons. The normalized spacial score (nSPS) is 18.3. The summed E-state index contributed by atoms with van der Waals surface area (Å²) in [5.41, 5.74) is 6.91. The molecule has 0 aromatic heterocycles. The van der Waals surface area contributed by atoms with Gasteiger partial charge in [0.1, 0.15) is 0 Å². The highest BCUT2D eigenvalue weighted by atomic mass is 19.1. The molecule has 1 unspecified atom stereocenters. The van der Waals surface area contributed by atoms with E-state index in [1.54, 1.807) is 6.07 Å². The number of hydrogen-bond donors (Lipinski definition) is 1. The monoisotopic (exact) mass is 238 g/mol. The Morgan fingerprint density at radius 1 is 1.41 bits per heavy atom. The Morgan fingerprint density at radius 3 is 2.71 bits per heavy atom. The fraction of sp³-hybridized carbons (Fsp3) is 0.538. The number of hydrogen-bond acceptors (Lipinski definition) is 3. The summed E-state index contributed by atoms with van der Waals surface area (Å²) in [6.07, 6.45) is 2.48. The summed E-state index contributed by atoms with van der Waals surface area (Å²) in [4.78, 5) is 2.33. The van der Waals surface area contributed by atoms with Crippen LogP contribution in [0.3, 0.4) is 0 Å². The summed E-state index contributed by atoms with van der Waals surface area (Å²) >= 11 is 0. The molecular weight excluding hydrogens is 219 g/mol. The second-order valence-electron chi connectivity index (χ2n) is 4.51. The average Bonchev–Trinajstić information content (AvgIpc) is 2.81. The van der Waals surface area contributed by atoms with Gasteiger partial charge in [0.15, 0.2) is 11.6 Å². The van der Waals surface area contributed by atoms with Crippen LogP contribution in [-0.4, -0.2) is 31.6 Å². The Hall–Kier alpha value is -1.13. The van der Waals surface area contributed by atoms with Crippen LogP contribution in [0, 0.1) is 5.82 Å². The molecule has 1 aliphatic rings. The minimum Gasteiger partial charge on any atom is -0.494 e. The van der Waals surface area contributed by atoms with E-state index in [4.69, 9.17) is 10.5 Å². The van der Waals surface area contributed by atoms with Gasteiger partial charge in [-0.25, -0.2) is 4.39 Å². The van der Waals surface area contributed by atoms with Crippen molar-refractivity contribution >= 4 is 0 Å². The van der Waals surface area contributed by atoms with Crippen molar-refractivity contribution in [3.05, 3.63) is 29.6 Å². The summed E-state index contributed by atoms with van der Waals surface area (Å²) < 4.78 is 18.4. The van der Waals surface area contributed by atoms with Crippen LogP contribution in [0.2, 0.25) is 0 Å². The molecule has 0 spiro atoms. The highest BCUT2D eigenvalue weighted by Gasteiger charge is 2.17. The minimum absolute atomic E-state index is 0.131. The molecule has 4 heteroatoms. The van der Waals surface area contributed by atoms with Crippen LogP contribution in [0.25, 0.3) is 0 Å². The van der Waals surface area contributed by atoms with E-state index in [1.807, 2.05) is 6.07 Å². The molecule has 17 heavy (non-hydrogen) atoms. The molecular formula is C13H19FN2O. The van der Waals surface area contributed by atoms with Crippen molar-refractivity contribution < 1.29 is 9.13 Å². The number of ether oxygens (including phenoxy) is 1. The van der Waals surface area contributed by atoms with Crippen LogP contribution in [0.4, 0.5) is 4.39 Å². The van der Waals surface area contributed by atoms with Crippen LogP contribution in [-0.2, 0) is 0 Å². The number of nitrogens with zero attached hydrogens (tertiary/aromatic N) is 1. The average molecular weight is 238 g/mol. The first kappa shape index (κ1) is 12.3. The lowest BCUT2D eigenvalue weighted by Gasteiger charge is -2.20. The second kappa shape index (κ2) is 5.47. The summed E-state index contributed by atoms with van der Waals surface area (Å²) in [6.45, 7) is 3.00. The van der Waals surface area contributed by atoms with Gasteiger partial charge in [0.2, 0.25) is 0 Å². The number of rotatable bonds is 4. The minimum atomic E-state index is -0.345. The van der Waals surface area contributed by atoms with Gasteiger partial charge in [-0.05, 0) is 43.6 Å². The smallest absolute Gasteiger partial charge is 0.165 e. The molecule has 0 saturated carbocycles. The third kappa shape index (κ3) is 2.96. The van der Waals surface area contributed by atoms with E-state index in [2.05, 4.69) is 4.90 Å². The molecule has 1 saturated heterocycles. The quantitative estimate of drug-likeness (QED) is 0.871. The molecule has 3 nitrogen and oxygen atoms in total. The van der Waals surface area contributed by atoms with E-state index in [1.165, 1.54) is 26.0 Å². The van der Waals surface area contributed by atoms with Gasteiger partial charge in [-0.2, -0.15) is 0 Å². The summed E-state index contributed by atoms with van der Waals surface area (Å²) in [5, 5.41) is 0. The second-order valence-corrected chi connectivity index (χ2v) is 4.51. The molecule has 0 bridgehead atoms. The largest absolute Gasteiger partial charge is 0.494 e. The predicted molar refractivity (Wildman–Crippen MR) is 65.6 cm³/mol. The summed E-state index contributed by atoms with van der Waals surface area (Å²) in [7, 11) is 1.46. The highest BCUT2D eigenvalue weighted by molar-refractivity contribution is 5.31. The van der Waals surface area contributed by atoms with Crippen molar-refractivity contribution in [3.63, 3.8) is 0 Å². The van der Waals surface area contributed by atoms with Gasteiger partial charge < -0.3 is 15.4 Å². The molecule has 1 atom stereocenters. The van der Waals surface area contributed by atoms with Gasteiger partial charge in [0.25, 0.3) is 0 Å². The topological polar surface area (TPSA) is 38.5 Å². The molecule has 1 aromatic rings. The van der Waals surface area contributed by atoms with Gasteiger partial charge >= 0.3 is 0 Å². The lowest BCUT2D eigenvalue weighted by atomic mass is 10.1. The Morgan fingerprint density at radius 2 is 2.12 bits per heavy atom. The van der Waals surface area contributed by atoms with Crippen LogP contribution in [0.1, 0.15) is 24.4 Å². The molecule has 94 valence electrons. The third-order valence-corrected chi connectivity index (χ3v) is 3.26. The van der Waals surface area contributed by atoms with Gasteiger partial charge in [-0.3, -0.25) is 0 Å². The highest BCUT2D eigenvalue weighted by Crippen LogP contribution is 2.22. The molecule has 0 aliphatic carbocycles. The van der Waals surface area contributed by atoms with Crippen LogP contribution >= 0.6 is 0 Å². The summed E-state index contributed by atoms with van der Waals surface area (Å²) in [5.74, 6) is -0.0796. The maximum atomic E-state index is 13.5. The zero-order valence-electron chi connectivity index (χ0n) is 10.2. The SMILES string of the molecule is COc1ccc(C(N)CN2CCCC2)cc1F. The lowest BCUT2D eigenvalue weighted by molar-refractivity contribution is 0.315. The molecule has 0 amide bonds. The predicted octanol–water partition coefficient (Wildman–Crippen LogP) is 1.93. The zero-order valence-corrected chi connectivity index (χ0v) is 10.2. The number of nitrogens with two attached hydrogens (primary N) is 1. The van der Waals surface area contributed by atoms with E-state index in [0.717, 1.165) is 25.2 Å². The van der Waals surface area contributed by atoms with Crippen molar-refractivity contribution in [3.8, 4) is 5.75 Å². The molecule has 2 N–H and O–H groups in total. The van der Waals surface area contributed by atoms with Gasteiger partial charge in [-0.1, -0.05) is 6.07 Å². The number of halogens is 1. The fourth-order valence-corrected chi connectivity index (χ4v) is 2.26. The van der Waals surface area contributed by atoms with Gasteiger partial charge in [-0.15, -0.1) is 0 Å². The Kier molecular flexibility index (Phi) is 3.97. The Labute approximate surface area is 101 Å². The van der Waals surface area contributed by atoms with Crippen molar-refractivity contribution in [2.24, 2.45) is 5.73 Å². The zero-order chi connectivity index (χ0) is 12.3. The van der Waals surface area contributed by atoms with Gasteiger partial charge in [0, 0.05) is 12.6 Å². The third-order valence-electron chi connectivity index (χ3n) is 3.26. The number of likely N-dealkylation sites (tertiary alicyclic amines) is 1. The van der Waals surface area contributed by atoms with E-state index < -0.39 is 0 Å². The standard InChI is InChI=1S/C13H19FN2O/c1-17-13-5-4-10(8-11(13)14)12(15)9-16-6-2-3-7-16/h4-5,8,12H,2-3,6-7,9,15H2,1H3. The first-order valence-corrected chi connectivity index (χ1v) is 6.02. The first-order chi connectivity index (χ1) is 8.20. The fourth-order valence-electron chi connectivity index (χ4n) is 2.26. The van der Waals surface area contributed by atoms with E-state index in [-0.39, 0.29) is 17.6 Å². The van der Waals surface area contributed by atoms with Crippen molar-refractivity contribution in [1.29, 1.82) is 0 Å². The maximum absolute atomic E-state index is 13.5. The number of methoxy groups -OCH3 is 1. The number of benzene rings is 1. The van der Waals surface area contributed by atoms with Crippen molar-refractivity contribution in [2.45, 2.75) is 18.9 Å². The molecule has 1 fully saturated rings. The van der Waals surface area contributed by atoms with Crippen molar-refractivity contribution in [2.75, 3.05) is 26.7 Å². The maximum Gasteiger partial charge on any atom is 0.165 e. The Balaban J connectivity index is 2.02.